The van der Waals surface area contributed by atoms with Crippen LogP contribution in [-0.2, 0) is 12.8 Å². The maximum absolute atomic E-state index is 14.4. The van der Waals surface area contributed by atoms with Crippen LogP contribution in [0.5, 0.6) is 5.75 Å². The molecule has 4 rings (SSSR count). The summed E-state index contributed by atoms with van der Waals surface area (Å²) in [5.74, 6) is -1.33. The lowest BCUT2D eigenvalue weighted by Crippen LogP contribution is -2.02. The lowest BCUT2D eigenvalue weighted by atomic mass is 9.86. The standard InChI is InChI=1S/C32H34F2O/c1-3-6-23-9-11-24(12-10-23)7-4-5-8-25-13-15-26(16-14-25)27-17-19-28(20-18-27)29-21-22-30(35-2)32(34)31(29)33/h5,8-12,15,17-22,25H,3-4,6-7,13-14,16H2,1-2H3/b8-5+. The van der Waals surface area contributed by atoms with Gasteiger partial charge in [0.1, 0.15) is 0 Å². The van der Waals surface area contributed by atoms with E-state index < -0.39 is 11.6 Å². The smallest absolute Gasteiger partial charge is 0.201 e. The summed E-state index contributed by atoms with van der Waals surface area (Å²) in [6.45, 7) is 2.22. The second-order valence-electron chi connectivity index (χ2n) is 9.32. The minimum Gasteiger partial charge on any atom is -0.494 e. The Labute approximate surface area is 208 Å². The van der Waals surface area contributed by atoms with Crippen LogP contribution in [0.2, 0.25) is 0 Å². The van der Waals surface area contributed by atoms with E-state index in [0.717, 1.165) is 44.1 Å². The van der Waals surface area contributed by atoms with Crippen LogP contribution in [0.1, 0.15) is 55.7 Å². The van der Waals surface area contributed by atoms with Crippen molar-refractivity contribution < 1.29 is 13.5 Å². The van der Waals surface area contributed by atoms with E-state index in [1.165, 1.54) is 36.3 Å². The summed E-state index contributed by atoms with van der Waals surface area (Å²) in [6, 6.07) is 19.8. The van der Waals surface area contributed by atoms with Crippen molar-refractivity contribution in [1.82, 2.24) is 0 Å². The second kappa shape index (κ2) is 12.0. The summed E-state index contributed by atoms with van der Waals surface area (Å²) >= 11 is 0. The molecule has 3 aromatic rings. The minimum atomic E-state index is -0.951. The van der Waals surface area contributed by atoms with E-state index in [1.54, 1.807) is 6.07 Å². The third kappa shape index (κ3) is 6.28. The number of allylic oxidation sites excluding steroid dienone is 4. The molecule has 0 fully saturated rings. The van der Waals surface area contributed by atoms with Crippen LogP contribution >= 0.6 is 0 Å². The Kier molecular flexibility index (Phi) is 8.52. The summed E-state index contributed by atoms with van der Waals surface area (Å²) in [6.07, 6.45) is 14.7. The first-order chi connectivity index (χ1) is 17.1. The van der Waals surface area contributed by atoms with Crippen molar-refractivity contribution >= 4 is 5.57 Å². The van der Waals surface area contributed by atoms with Crippen LogP contribution in [0.3, 0.4) is 0 Å². The molecule has 0 aliphatic heterocycles. The van der Waals surface area contributed by atoms with E-state index in [9.17, 15) is 8.78 Å². The third-order valence-electron chi connectivity index (χ3n) is 6.85. The predicted molar refractivity (Wildman–Crippen MR) is 142 cm³/mol. The summed E-state index contributed by atoms with van der Waals surface area (Å²) < 4.78 is 33.4. The van der Waals surface area contributed by atoms with Gasteiger partial charge in [0.15, 0.2) is 11.6 Å². The number of aryl methyl sites for hydroxylation is 2. The zero-order valence-electron chi connectivity index (χ0n) is 20.7. The quantitative estimate of drug-likeness (QED) is 0.282. The molecule has 1 aliphatic carbocycles. The Bertz CT molecular complexity index is 1170. The fraction of sp³-hybridized carbons (Fsp3) is 0.312. The molecule has 1 nitrogen and oxygen atoms in total. The first kappa shape index (κ1) is 24.9. The molecule has 35 heavy (non-hydrogen) atoms. The van der Waals surface area contributed by atoms with Gasteiger partial charge in [-0.1, -0.05) is 80.1 Å². The van der Waals surface area contributed by atoms with Gasteiger partial charge >= 0.3 is 0 Å². The molecule has 0 heterocycles. The van der Waals surface area contributed by atoms with Crippen molar-refractivity contribution in [3.05, 3.63) is 107 Å². The summed E-state index contributed by atoms with van der Waals surface area (Å²) in [5, 5.41) is 0. The largest absolute Gasteiger partial charge is 0.494 e. The van der Waals surface area contributed by atoms with Gasteiger partial charge in [-0.15, -0.1) is 0 Å². The Balaban J connectivity index is 1.30. The van der Waals surface area contributed by atoms with Crippen LogP contribution in [0.4, 0.5) is 8.78 Å². The highest BCUT2D eigenvalue weighted by Gasteiger charge is 2.16. The molecule has 0 spiro atoms. The van der Waals surface area contributed by atoms with Crippen molar-refractivity contribution in [3.63, 3.8) is 0 Å². The van der Waals surface area contributed by atoms with Crippen molar-refractivity contribution in [3.8, 4) is 16.9 Å². The van der Waals surface area contributed by atoms with Gasteiger partial charge in [-0.25, -0.2) is 4.39 Å². The molecule has 0 N–H and O–H groups in total. The van der Waals surface area contributed by atoms with Gasteiger partial charge in [-0.05, 0) is 84.4 Å². The number of rotatable bonds is 9. The first-order valence-corrected chi connectivity index (χ1v) is 12.6. The van der Waals surface area contributed by atoms with Gasteiger partial charge in [0.2, 0.25) is 5.82 Å². The van der Waals surface area contributed by atoms with Crippen LogP contribution in [0, 0.1) is 17.6 Å². The Morgan fingerprint density at radius 3 is 2.17 bits per heavy atom. The summed E-state index contributed by atoms with van der Waals surface area (Å²) in [4.78, 5) is 0. The maximum Gasteiger partial charge on any atom is 0.201 e. The lowest BCUT2D eigenvalue weighted by molar-refractivity contribution is 0.372. The number of benzene rings is 3. The molecule has 0 bridgehead atoms. The molecule has 0 saturated heterocycles. The first-order valence-electron chi connectivity index (χ1n) is 12.6. The molecule has 3 heteroatoms. The molecule has 1 unspecified atom stereocenters. The number of hydrogen-bond donors (Lipinski definition) is 0. The lowest BCUT2D eigenvalue weighted by Gasteiger charge is -2.20. The maximum atomic E-state index is 14.4. The Hall–Kier alpha value is -3.20. The molecule has 1 aliphatic rings. The summed E-state index contributed by atoms with van der Waals surface area (Å²) in [5.41, 5.74) is 6.21. The van der Waals surface area contributed by atoms with Gasteiger partial charge in [-0.3, -0.25) is 0 Å². The highest BCUT2D eigenvalue weighted by molar-refractivity contribution is 5.71. The average Bonchev–Trinajstić information content (AvgIpc) is 2.90. The molecule has 0 aromatic heterocycles. The van der Waals surface area contributed by atoms with E-state index in [4.69, 9.17) is 4.74 Å². The van der Waals surface area contributed by atoms with Crippen LogP contribution in [-0.4, -0.2) is 7.11 Å². The van der Waals surface area contributed by atoms with Gasteiger partial charge < -0.3 is 4.74 Å². The predicted octanol–water partition coefficient (Wildman–Crippen LogP) is 8.97. The molecule has 3 aromatic carbocycles. The SMILES string of the molecule is CCCc1ccc(CC/C=C/C2CC=C(c3ccc(-c4ccc(OC)c(F)c4F)cc3)CC2)cc1. The Morgan fingerprint density at radius 2 is 1.54 bits per heavy atom. The van der Waals surface area contributed by atoms with Crippen molar-refractivity contribution in [1.29, 1.82) is 0 Å². The van der Waals surface area contributed by atoms with E-state index in [1.807, 2.05) is 24.3 Å². The average molecular weight is 473 g/mol. The van der Waals surface area contributed by atoms with Gasteiger partial charge in [0.05, 0.1) is 7.11 Å². The molecule has 0 radical (unpaired) electrons. The fourth-order valence-electron chi connectivity index (χ4n) is 4.77. The zero-order valence-corrected chi connectivity index (χ0v) is 20.7. The van der Waals surface area contributed by atoms with Gasteiger partial charge in [-0.2, -0.15) is 4.39 Å². The second-order valence-corrected chi connectivity index (χ2v) is 9.32. The van der Waals surface area contributed by atoms with Crippen molar-refractivity contribution in [2.75, 3.05) is 7.11 Å². The Morgan fingerprint density at radius 1 is 0.857 bits per heavy atom. The number of methoxy groups -OCH3 is 1. The molecule has 182 valence electrons. The number of ether oxygens (including phenoxy) is 1. The molecule has 0 saturated carbocycles. The van der Waals surface area contributed by atoms with Crippen molar-refractivity contribution in [2.45, 2.75) is 51.9 Å². The fourth-order valence-corrected chi connectivity index (χ4v) is 4.77. The van der Waals surface area contributed by atoms with Gasteiger partial charge in [0.25, 0.3) is 0 Å². The minimum absolute atomic E-state index is 0.0834. The molecular formula is C32H34F2O. The highest BCUT2D eigenvalue weighted by atomic mass is 19.2. The normalized spacial score (nSPS) is 15.9. The van der Waals surface area contributed by atoms with Crippen LogP contribution < -0.4 is 4.74 Å². The molecule has 1 atom stereocenters. The third-order valence-corrected chi connectivity index (χ3v) is 6.85. The van der Waals surface area contributed by atoms with E-state index in [2.05, 4.69) is 49.4 Å². The van der Waals surface area contributed by atoms with Crippen LogP contribution in [0.25, 0.3) is 16.7 Å². The van der Waals surface area contributed by atoms with Crippen LogP contribution in [0.15, 0.2) is 78.9 Å². The van der Waals surface area contributed by atoms with Gasteiger partial charge in [0, 0.05) is 5.56 Å². The van der Waals surface area contributed by atoms with Crippen molar-refractivity contribution in [2.24, 2.45) is 5.92 Å². The van der Waals surface area contributed by atoms with E-state index in [-0.39, 0.29) is 11.3 Å². The van der Waals surface area contributed by atoms with E-state index >= 15 is 0 Å². The monoisotopic (exact) mass is 472 g/mol. The number of halogens is 2. The topological polar surface area (TPSA) is 9.23 Å². The highest BCUT2D eigenvalue weighted by Crippen LogP contribution is 2.34. The zero-order chi connectivity index (χ0) is 24.6. The molecular weight excluding hydrogens is 438 g/mol. The van der Waals surface area contributed by atoms with E-state index in [0.29, 0.717) is 11.5 Å². The summed E-state index contributed by atoms with van der Waals surface area (Å²) in [7, 11) is 1.33. The molecule has 0 amide bonds. The number of hydrogen-bond acceptors (Lipinski definition) is 1.